The maximum Gasteiger partial charge on any atom is 0.261 e. The first-order valence-electron chi connectivity index (χ1n) is 4.40. The van der Waals surface area contributed by atoms with Gasteiger partial charge in [-0.2, -0.15) is 5.10 Å². The van der Waals surface area contributed by atoms with Gasteiger partial charge in [-0.15, -0.1) is 12.4 Å². The van der Waals surface area contributed by atoms with Crippen molar-refractivity contribution >= 4 is 23.3 Å². The van der Waals surface area contributed by atoms with E-state index in [0.29, 0.717) is 11.4 Å². The van der Waals surface area contributed by atoms with Crippen molar-refractivity contribution in [1.29, 1.82) is 0 Å². The molecule has 0 bridgehead atoms. The van der Waals surface area contributed by atoms with Gasteiger partial charge in [0.15, 0.2) is 0 Å². The van der Waals surface area contributed by atoms with Gasteiger partial charge in [0.25, 0.3) is 5.56 Å². The van der Waals surface area contributed by atoms with Crippen LogP contribution in [-0.4, -0.2) is 14.8 Å². The number of halogens is 1. The summed E-state index contributed by atoms with van der Waals surface area (Å²) in [6.45, 7) is 0. The summed E-state index contributed by atoms with van der Waals surface area (Å²) < 4.78 is 1.80. The second-order valence-electron chi connectivity index (χ2n) is 3.46. The molecule has 0 aliphatic heterocycles. The molecule has 2 heterocycles. The summed E-state index contributed by atoms with van der Waals surface area (Å²) in [6.07, 6.45) is 5.70. The van der Waals surface area contributed by atoms with Crippen LogP contribution in [0.1, 0.15) is 18.9 Å². The van der Waals surface area contributed by atoms with Crippen molar-refractivity contribution in [3.05, 3.63) is 28.8 Å². The molecule has 1 saturated carbocycles. The highest BCUT2D eigenvalue weighted by Gasteiger charge is 2.24. The van der Waals surface area contributed by atoms with Crippen molar-refractivity contribution in [2.75, 3.05) is 0 Å². The van der Waals surface area contributed by atoms with E-state index in [1.165, 1.54) is 0 Å². The van der Waals surface area contributed by atoms with Crippen molar-refractivity contribution in [2.24, 2.45) is 0 Å². The van der Waals surface area contributed by atoms with E-state index in [1.807, 2.05) is 12.3 Å². The highest BCUT2D eigenvalue weighted by atomic mass is 35.5. The Kier molecular flexibility index (Phi) is 2.07. The summed E-state index contributed by atoms with van der Waals surface area (Å²) in [7, 11) is 0. The van der Waals surface area contributed by atoms with Gasteiger partial charge in [-0.05, 0) is 18.9 Å². The standard InChI is InChI=1S/C9H9N3O.ClH/c13-9-7-5-10-11-8(7)3-4-12(9)6-1-2-6;/h3-6H,1-2H2,(H,10,11);1H. The highest BCUT2D eigenvalue weighted by Crippen LogP contribution is 2.33. The van der Waals surface area contributed by atoms with Gasteiger partial charge in [-0.25, -0.2) is 0 Å². The molecule has 0 radical (unpaired) electrons. The molecule has 14 heavy (non-hydrogen) atoms. The summed E-state index contributed by atoms with van der Waals surface area (Å²) in [5.41, 5.74) is 0.899. The number of nitrogens with one attached hydrogen (secondary N) is 1. The van der Waals surface area contributed by atoms with Crippen LogP contribution in [0.2, 0.25) is 0 Å². The average Bonchev–Trinajstić information content (AvgIpc) is 2.83. The molecule has 1 N–H and O–H groups in total. The Hall–Kier alpha value is -1.29. The summed E-state index contributed by atoms with van der Waals surface area (Å²) in [6, 6.07) is 2.34. The molecule has 0 saturated heterocycles. The van der Waals surface area contributed by atoms with Crippen molar-refractivity contribution < 1.29 is 0 Å². The Labute approximate surface area is 86.3 Å². The predicted octanol–water partition coefficient (Wildman–Crippen LogP) is 1.48. The fraction of sp³-hybridized carbons (Fsp3) is 0.333. The zero-order chi connectivity index (χ0) is 8.84. The fourth-order valence-corrected chi connectivity index (χ4v) is 1.60. The van der Waals surface area contributed by atoms with Crippen LogP contribution in [0.25, 0.3) is 10.9 Å². The number of hydrogen-bond donors (Lipinski definition) is 1. The number of nitrogens with zero attached hydrogens (tertiary/aromatic N) is 2. The normalized spacial score (nSPS) is 15.4. The van der Waals surface area contributed by atoms with E-state index < -0.39 is 0 Å². The summed E-state index contributed by atoms with van der Waals surface area (Å²) in [4.78, 5) is 11.8. The van der Waals surface area contributed by atoms with Crippen LogP contribution >= 0.6 is 12.4 Å². The quantitative estimate of drug-likeness (QED) is 0.777. The fourth-order valence-electron chi connectivity index (χ4n) is 1.60. The van der Waals surface area contributed by atoms with Crippen LogP contribution in [-0.2, 0) is 0 Å². The predicted molar refractivity (Wildman–Crippen MR) is 55.9 cm³/mol. The second kappa shape index (κ2) is 3.13. The van der Waals surface area contributed by atoms with Crippen LogP contribution in [0.15, 0.2) is 23.3 Å². The van der Waals surface area contributed by atoms with Crippen LogP contribution in [0.3, 0.4) is 0 Å². The molecule has 0 atom stereocenters. The lowest BCUT2D eigenvalue weighted by atomic mass is 10.3. The largest absolute Gasteiger partial charge is 0.312 e. The van der Waals surface area contributed by atoms with Gasteiger partial charge in [-0.3, -0.25) is 9.89 Å². The van der Waals surface area contributed by atoms with Gasteiger partial charge in [0, 0.05) is 12.2 Å². The Morgan fingerprint density at radius 2 is 2.29 bits per heavy atom. The van der Waals surface area contributed by atoms with Crippen molar-refractivity contribution in [1.82, 2.24) is 14.8 Å². The number of aromatic nitrogens is 3. The van der Waals surface area contributed by atoms with E-state index in [0.717, 1.165) is 18.4 Å². The Bertz CT molecular complexity index is 512. The van der Waals surface area contributed by atoms with Crippen molar-refractivity contribution in [3.63, 3.8) is 0 Å². The van der Waals surface area contributed by atoms with Crippen LogP contribution in [0.4, 0.5) is 0 Å². The number of aromatic amines is 1. The van der Waals surface area contributed by atoms with E-state index in [-0.39, 0.29) is 18.0 Å². The van der Waals surface area contributed by atoms with Gasteiger partial charge in [0.2, 0.25) is 0 Å². The molecule has 0 spiro atoms. The van der Waals surface area contributed by atoms with Gasteiger partial charge < -0.3 is 4.57 Å². The zero-order valence-electron chi connectivity index (χ0n) is 7.43. The molecule has 5 heteroatoms. The smallest absolute Gasteiger partial charge is 0.261 e. The lowest BCUT2D eigenvalue weighted by Crippen LogP contribution is -2.17. The first-order valence-corrected chi connectivity index (χ1v) is 4.40. The van der Waals surface area contributed by atoms with Gasteiger partial charge in [0.05, 0.1) is 17.1 Å². The molecular weight excluding hydrogens is 202 g/mol. The molecule has 2 aromatic rings. The minimum Gasteiger partial charge on any atom is -0.312 e. The van der Waals surface area contributed by atoms with Gasteiger partial charge in [-0.1, -0.05) is 0 Å². The molecule has 2 aromatic heterocycles. The first-order chi connectivity index (χ1) is 6.36. The molecule has 1 fully saturated rings. The van der Waals surface area contributed by atoms with Crippen molar-refractivity contribution in [3.8, 4) is 0 Å². The number of pyridine rings is 1. The van der Waals surface area contributed by atoms with E-state index in [9.17, 15) is 4.79 Å². The molecular formula is C9H10ClN3O. The average molecular weight is 212 g/mol. The first kappa shape index (κ1) is 9.27. The van der Waals surface area contributed by atoms with Gasteiger partial charge >= 0.3 is 0 Å². The van der Waals surface area contributed by atoms with Crippen molar-refractivity contribution in [2.45, 2.75) is 18.9 Å². The Morgan fingerprint density at radius 3 is 3.00 bits per heavy atom. The minimum atomic E-state index is 0. The maximum atomic E-state index is 11.8. The number of H-pyrrole nitrogens is 1. The molecule has 74 valence electrons. The SMILES string of the molecule is Cl.O=c1c2cn[nH]c2ccn1C1CC1. The monoisotopic (exact) mass is 211 g/mol. The third-order valence-electron chi connectivity index (χ3n) is 2.48. The van der Waals surface area contributed by atoms with Crippen LogP contribution in [0, 0.1) is 0 Å². The zero-order valence-corrected chi connectivity index (χ0v) is 8.25. The molecule has 1 aliphatic carbocycles. The number of rotatable bonds is 1. The molecule has 3 rings (SSSR count). The molecule has 0 aromatic carbocycles. The Morgan fingerprint density at radius 1 is 1.50 bits per heavy atom. The van der Waals surface area contributed by atoms with Crippen LogP contribution in [0.5, 0.6) is 0 Å². The lowest BCUT2D eigenvalue weighted by Gasteiger charge is -2.01. The lowest BCUT2D eigenvalue weighted by molar-refractivity contribution is 0.714. The molecule has 0 amide bonds. The topological polar surface area (TPSA) is 50.7 Å². The molecule has 0 unspecified atom stereocenters. The third kappa shape index (κ3) is 1.23. The molecule has 4 nitrogen and oxygen atoms in total. The van der Waals surface area contributed by atoms with E-state index in [4.69, 9.17) is 0 Å². The maximum absolute atomic E-state index is 11.8. The summed E-state index contributed by atoms with van der Waals surface area (Å²) in [5, 5.41) is 7.32. The number of fused-ring (bicyclic) bond motifs is 1. The van der Waals surface area contributed by atoms with E-state index >= 15 is 0 Å². The molecule has 1 aliphatic rings. The van der Waals surface area contributed by atoms with E-state index in [1.54, 1.807) is 10.8 Å². The second-order valence-corrected chi connectivity index (χ2v) is 3.46. The van der Waals surface area contributed by atoms with Crippen LogP contribution < -0.4 is 5.56 Å². The third-order valence-corrected chi connectivity index (χ3v) is 2.48. The van der Waals surface area contributed by atoms with E-state index in [2.05, 4.69) is 10.2 Å². The summed E-state index contributed by atoms with van der Waals surface area (Å²) in [5.74, 6) is 0. The summed E-state index contributed by atoms with van der Waals surface area (Å²) >= 11 is 0. The number of hydrogen-bond acceptors (Lipinski definition) is 2. The Balaban J connectivity index is 0.000000750. The van der Waals surface area contributed by atoms with Gasteiger partial charge in [0.1, 0.15) is 0 Å². The minimum absolute atomic E-state index is 0. The highest BCUT2D eigenvalue weighted by molar-refractivity contribution is 5.85.